The zero-order valence-electron chi connectivity index (χ0n) is 10.1. The number of phenols is 1. The summed E-state index contributed by atoms with van der Waals surface area (Å²) >= 11 is 0. The maximum absolute atomic E-state index is 11.2. The van der Waals surface area contributed by atoms with Crippen LogP contribution < -0.4 is 0 Å². The number of carbonyl (C=O) groups excluding carboxylic acids is 1. The van der Waals surface area contributed by atoms with Crippen molar-refractivity contribution in [2.45, 2.75) is 6.92 Å². The van der Waals surface area contributed by atoms with Crippen LogP contribution in [0.4, 0.5) is 0 Å². The fourth-order valence-corrected chi connectivity index (χ4v) is 1.75. The summed E-state index contributed by atoms with van der Waals surface area (Å²) < 4.78 is 4.78. The topological polar surface area (TPSA) is 46.5 Å². The molecule has 0 unspecified atom stereocenters. The molecular formula is C15H14O3. The molecule has 0 atom stereocenters. The van der Waals surface area contributed by atoms with Crippen molar-refractivity contribution in [2.24, 2.45) is 0 Å². The minimum Gasteiger partial charge on any atom is -0.507 e. The van der Waals surface area contributed by atoms with Gasteiger partial charge in [-0.25, -0.2) is 4.79 Å². The van der Waals surface area contributed by atoms with Crippen LogP contribution in [-0.2, 0) is 9.53 Å². The summed E-state index contributed by atoms with van der Waals surface area (Å²) in [7, 11) is 0. The van der Waals surface area contributed by atoms with Gasteiger partial charge in [-0.1, -0.05) is 36.4 Å². The third-order valence-electron chi connectivity index (χ3n) is 2.62. The minimum atomic E-state index is -0.412. The highest BCUT2D eigenvalue weighted by atomic mass is 16.5. The van der Waals surface area contributed by atoms with E-state index >= 15 is 0 Å². The Labute approximate surface area is 105 Å². The maximum Gasteiger partial charge on any atom is 0.330 e. The number of carbonyl (C=O) groups is 1. The van der Waals surface area contributed by atoms with Gasteiger partial charge < -0.3 is 9.84 Å². The molecule has 0 aliphatic heterocycles. The van der Waals surface area contributed by atoms with E-state index in [4.69, 9.17) is 4.74 Å². The van der Waals surface area contributed by atoms with Crippen LogP contribution in [0.1, 0.15) is 12.5 Å². The third-order valence-corrected chi connectivity index (χ3v) is 2.62. The van der Waals surface area contributed by atoms with Crippen LogP contribution in [-0.4, -0.2) is 17.7 Å². The van der Waals surface area contributed by atoms with Crippen LogP contribution in [0.25, 0.3) is 16.8 Å². The number of fused-ring (bicyclic) bond motifs is 1. The normalized spacial score (nSPS) is 10.9. The van der Waals surface area contributed by atoms with Gasteiger partial charge >= 0.3 is 5.97 Å². The Morgan fingerprint density at radius 1 is 1.28 bits per heavy atom. The number of hydrogen-bond acceptors (Lipinski definition) is 3. The van der Waals surface area contributed by atoms with E-state index in [9.17, 15) is 9.90 Å². The number of rotatable bonds is 3. The van der Waals surface area contributed by atoms with Crippen LogP contribution in [0, 0.1) is 0 Å². The van der Waals surface area contributed by atoms with Gasteiger partial charge in [0.2, 0.25) is 0 Å². The van der Waals surface area contributed by atoms with Crippen LogP contribution >= 0.6 is 0 Å². The number of benzene rings is 2. The van der Waals surface area contributed by atoms with Crippen molar-refractivity contribution >= 4 is 22.8 Å². The van der Waals surface area contributed by atoms with Gasteiger partial charge in [0, 0.05) is 17.0 Å². The van der Waals surface area contributed by atoms with Crippen molar-refractivity contribution in [3.05, 3.63) is 48.0 Å². The standard InChI is InChI=1S/C15H14O3/c1-2-18-14(16)10-9-12-8-7-11-5-3-4-6-13(11)15(12)17/h3-10,17H,2H2,1H3/b10-9+. The Morgan fingerprint density at radius 2 is 2.06 bits per heavy atom. The zero-order valence-corrected chi connectivity index (χ0v) is 10.1. The van der Waals surface area contributed by atoms with Gasteiger partial charge in [-0.2, -0.15) is 0 Å². The van der Waals surface area contributed by atoms with Gasteiger partial charge in [0.05, 0.1) is 6.61 Å². The fraction of sp³-hybridized carbons (Fsp3) is 0.133. The molecule has 0 saturated heterocycles. The minimum absolute atomic E-state index is 0.175. The predicted molar refractivity (Wildman–Crippen MR) is 71.3 cm³/mol. The first kappa shape index (κ1) is 12.2. The summed E-state index contributed by atoms with van der Waals surface area (Å²) in [4.78, 5) is 11.2. The van der Waals surface area contributed by atoms with E-state index in [0.717, 1.165) is 10.8 Å². The average molecular weight is 242 g/mol. The van der Waals surface area contributed by atoms with Crippen molar-refractivity contribution in [3.8, 4) is 5.75 Å². The average Bonchev–Trinajstić information content (AvgIpc) is 2.39. The second-order valence-electron chi connectivity index (χ2n) is 3.81. The Hall–Kier alpha value is -2.29. The number of hydrogen-bond donors (Lipinski definition) is 1. The van der Waals surface area contributed by atoms with Crippen LogP contribution in [0.15, 0.2) is 42.5 Å². The van der Waals surface area contributed by atoms with E-state index in [1.54, 1.807) is 19.1 Å². The second kappa shape index (κ2) is 5.36. The lowest BCUT2D eigenvalue weighted by Crippen LogP contribution is -1.98. The summed E-state index contributed by atoms with van der Waals surface area (Å²) in [6.45, 7) is 2.09. The molecular weight excluding hydrogens is 228 g/mol. The number of ether oxygens (including phenoxy) is 1. The third kappa shape index (κ3) is 2.51. The van der Waals surface area contributed by atoms with E-state index in [1.807, 2.05) is 30.3 Å². The van der Waals surface area contributed by atoms with Crippen molar-refractivity contribution < 1.29 is 14.6 Å². The van der Waals surface area contributed by atoms with Gasteiger partial charge in [0.25, 0.3) is 0 Å². The lowest BCUT2D eigenvalue weighted by Gasteiger charge is -2.04. The van der Waals surface area contributed by atoms with Crippen LogP contribution in [0.5, 0.6) is 5.75 Å². The first-order valence-corrected chi connectivity index (χ1v) is 5.78. The summed E-state index contributed by atoms with van der Waals surface area (Å²) in [6.07, 6.45) is 2.87. The predicted octanol–water partition coefficient (Wildman–Crippen LogP) is 3.12. The van der Waals surface area contributed by atoms with Crippen molar-refractivity contribution in [1.82, 2.24) is 0 Å². The molecule has 3 heteroatoms. The largest absolute Gasteiger partial charge is 0.507 e. The molecule has 0 spiro atoms. The highest BCUT2D eigenvalue weighted by Gasteiger charge is 2.04. The SMILES string of the molecule is CCOC(=O)/C=C/c1ccc2ccccc2c1O. The Bertz CT molecular complexity index is 600. The fourth-order valence-electron chi connectivity index (χ4n) is 1.75. The first-order chi connectivity index (χ1) is 8.72. The van der Waals surface area contributed by atoms with E-state index in [-0.39, 0.29) is 5.75 Å². The molecule has 0 fully saturated rings. The summed E-state index contributed by atoms with van der Waals surface area (Å²) in [5.41, 5.74) is 0.599. The molecule has 0 radical (unpaired) electrons. The molecule has 3 nitrogen and oxygen atoms in total. The highest BCUT2D eigenvalue weighted by Crippen LogP contribution is 2.29. The van der Waals surface area contributed by atoms with E-state index in [2.05, 4.69) is 0 Å². The molecule has 0 amide bonds. The van der Waals surface area contributed by atoms with Gasteiger partial charge in [-0.05, 0) is 18.4 Å². The van der Waals surface area contributed by atoms with Gasteiger partial charge in [0.15, 0.2) is 0 Å². The molecule has 18 heavy (non-hydrogen) atoms. The number of esters is 1. The van der Waals surface area contributed by atoms with Gasteiger partial charge in [-0.3, -0.25) is 0 Å². The molecule has 2 rings (SSSR count). The molecule has 2 aromatic carbocycles. The smallest absolute Gasteiger partial charge is 0.330 e. The number of aromatic hydroxyl groups is 1. The van der Waals surface area contributed by atoms with Crippen LogP contribution in [0.2, 0.25) is 0 Å². The maximum atomic E-state index is 11.2. The highest BCUT2D eigenvalue weighted by molar-refractivity contribution is 5.94. The lowest BCUT2D eigenvalue weighted by atomic mass is 10.1. The molecule has 0 saturated carbocycles. The van der Waals surface area contributed by atoms with Gasteiger partial charge in [-0.15, -0.1) is 0 Å². The van der Waals surface area contributed by atoms with E-state index < -0.39 is 5.97 Å². The lowest BCUT2D eigenvalue weighted by molar-refractivity contribution is -0.137. The molecule has 0 aromatic heterocycles. The van der Waals surface area contributed by atoms with Gasteiger partial charge in [0.1, 0.15) is 5.75 Å². The Balaban J connectivity index is 2.35. The Morgan fingerprint density at radius 3 is 2.83 bits per heavy atom. The summed E-state index contributed by atoms with van der Waals surface area (Å²) in [6, 6.07) is 11.2. The summed E-state index contributed by atoms with van der Waals surface area (Å²) in [5.74, 6) is -0.237. The van der Waals surface area contributed by atoms with Crippen LogP contribution in [0.3, 0.4) is 0 Å². The molecule has 2 aromatic rings. The molecule has 92 valence electrons. The molecule has 0 aliphatic rings. The van der Waals surface area contributed by atoms with Crippen molar-refractivity contribution in [3.63, 3.8) is 0 Å². The summed E-state index contributed by atoms with van der Waals surface area (Å²) in [5, 5.41) is 11.8. The first-order valence-electron chi connectivity index (χ1n) is 5.78. The second-order valence-corrected chi connectivity index (χ2v) is 3.81. The zero-order chi connectivity index (χ0) is 13.0. The van der Waals surface area contributed by atoms with Crippen molar-refractivity contribution in [1.29, 1.82) is 0 Å². The molecule has 0 aliphatic carbocycles. The Kier molecular flexibility index (Phi) is 3.63. The monoisotopic (exact) mass is 242 g/mol. The van der Waals surface area contributed by atoms with Crippen molar-refractivity contribution in [2.75, 3.05) is 6.61 Å². The number of phenolic OH excluding ortho intramolecular Hbond substituents is 1. The quantitative estimate of drug-likeness (QED) is 0.664. The van der Waals surface area contributed by atoms with E-state index in [0.29, 0.717) is 12.2 Å². The molecule has 1 N–H and O–H groups in total. The molecule has 0 heterocycles. The molecule has 0 bridgehead atoms. The van der Waals surface area contributed by atoms with E-state index in [1.165, 1.54) is 6.08 Å².